The van der Waals surface area contributed by atoms with E-state index in [1.807, 2.05) is 111 Å². The van der Waals surface area contributed by atoms with Crippen molar-refractivity contribution in [2.75, 3.05) is 37.9 Å². The number of H-pyrrole nitrogens is 2. The molecule has 2 aliphatic heterocycles. The Morgan fingerprint density at radius 2 is 1.02 bits per heavy atom. The summed E-state index contributed by atoms with van der Waals surface area (Å²) in [5.74, 6) is 0.928. The molecule has 0 spiro atoms. The van der Waals surface area contributed by atoms with E-state index >= 15 is 0 Å². The number of carbonyl (C=O) groups is 4. The summed E-state index contributed by atoms with van der Waals surface area (Å²) in [6, 6.07) is 25.6. The van der Waals surface area contributed by atoms with E-state index in [2.05, 4.69) is 20.6 Å². The van der Waals surface area contributed by atoms with Gasteiger partial charge in [0.15, 0.2) is 0 Å². The van der Waals surface area contributed by atoms with Gasteiger partial charge in [-0.2, -0.15) is 0 Å². The molecule has 4 heterocycles. The Morgan fingerprint density at radius 1 is 0.617 bits per heavy atom. The summed E-state index contributed by atoms with van der Waals surface area (Å²) in [7, 11) is 3.25. The van der Waals surface area contributed by atoms with Crippen molar-refractivity contribution in [2.24, 2.45) is 0 Å². The maximum atomic E-state index is 13.6. The van der Waals surface area contributed by atoms with Gasteiger partial charge in [-0.25, -0.2) is 0 Å². The van der Waals surface area contributed by atoms with Gasteiger partial charge in [0.25, 0.3) is 0 Å². The monoisotopic (exact) mass is 806 g/mol. The second-order valence-corrected chi connectivity index (χ2v) is 15.7. The van der Waals surface area contributed by atoms with Gasteiger partial charge in [-0.15, -0.1) is 0 Å². The molecule has 2 aliphatic rings. The summed E-state index contributed by atoms with van der Waals surface area (Å²) < 4.78 is 10.8. The third-order valence-electron chi connectivity index (χ3n) is 11.9. The number of rotatable bonds is 12. The zero-order chi connectivity index (χ0) is 41.9. The van der Waals surface area contributed by atoms with Crippen LogP contribution < -0.4 is 20.1 Å². The molecular formula is C48H50N6O6. The van der Waals surface area contributed by atoms with Gasteiger partial charge in [-0.3, -0.25) is 19.2 Å². The Bertz CT molecular complexity index is 2430. The highest BCUT2D eigenvalue weighted by Crippen LogP contribution is 2.31. The predicted octanol–water partition coefficient (Wildman–Crippen LogP) is 7.80. The molecule has 2 aromatic heterocycles. The number of likely N-dealkylation sites (tertiary alicyclic amines) is 2. The maximum Gasteiger partial charge on any atom is 0.247 e. The van der Waals surface area contributed by atoms with Crippen LogP contribution in [0.4, 0.5) is 11.4 Å². The number of aromatic amines is 2. The van der Waals surface area contributed by atoms with Crippen LogP contribution >= 0.6 is 0 Å². The normalized spacial score (nSPS) is 16.5. The second kappa shape index (κ2) is 17.2. The number of nitrogens with zero attached hydrogens (tertiary/aromatic N) is 2. The highest BCUT2D eigenvalue weighted by molar-refractivity contribution is 6.00. The average molecular weight is 807 g/mol. The molecule has 60 heavy (non-hydrogen) atoms. The fourth-order valence-electron chi connectivity index (χ4n) is 8.61. The van der Waals surface area contributed by atoms with Crippen molar-refractivity contribution < 1.29 is 28.7 Å². The lowest BCUT2D eigenvalue weighted by molar-refractivity contribution is -0.136. The topological polar surface area (TPSA) is 149 Å². The van der Waals surface area contributed by atoms with Gasteiger partial charge in [-0.1, -0.05) is 36.4 Å². The Labute approximate surface area is 348 Å². The van der Waals surface area contributed by atoms with E-state index in [4.69, 9.17) is 9.47 Å². The molecule has 12 nitrogen and oxygen atoms in total. The number of fused-ring (bicyclic) bond motifs is 2. The Kier molecular flexibility index (Phi) is 11.5. The lowest BCUT2D eigenvalue weighted by Gasteiger charge is -2.24. The first-order valence-electron chi connectivity index (χ1n) is 20.5. The molecule has 308 valence electrons. The molecule has 0 saturated carbocycles. The summed E-state index contributed by atoms with van der Waals surface area (Å²) in [5, 5.41) is 7.94. The predicted molar refractivity (Wildman–Crippen MR) is 235 cm³/mol. The van der Waals surface area contributed by atoms with Gasteiger partial charge in [-0.05, 0) is 122 Å². The van der Waals surface area contributed by atoms with Crippen LogP contribution in [-0.2, 0) is 32.0 Å². The molecular weight excluding hydrogens is 757 g/mol. The van der Waals surface area contributed by atoms with Crippen LogP contribution in [0.15, 0.2) is 84.9 Å². The Morgan fingerprint density at radius 3 is 1.40 bits per heavy atom. The number of ether oxygens (including phenoxy) is 2. The number of hydrogen-bond acceptors (Lipinski definition) is 6. The first kappa shape index (κ1) is 40.0. The van der Waals surface area contributed by atoms with Crippen LogP contribution in [0.5, 0.6) is 11.5 Å². The minimum Gasteiger partial charge on any atom is -0.497 e. The average Bonchev–Trinajstić information content (AvgIpc) is 4.07. The van der Waals surface area contributed by atoms with Crippen molar-refractivity contribution in [3.8, 4) is 11.5 Å². The Balaban J connectivity index is 0.833. The molecule has 2 fully saturated rings. The second-order valence-electron chi connectivity index (χ2n) is 15.7. The highest BCUT2D eigenvalue weighted by atomic mass is 16.5. The summed E-state index contributed by atoms with van der Waals surface area (Å²) in [6.07, 6.45) is 7.13. The summed E-state index contributed by atoms with van der Waals surface area (Å²) in [6.45, 7) is 5.01. The lowest BCUT2D eigenvalue weighted by atomic mass is 10.1. The van der Waals surface area contributed by atoms with Gasteiger partial charge >= 0.3 is 0 Å². The number of nitrogens with one attached hydrogen (secondary N) is 4. The van der Waals surface area contributed by atoms with Crippen molar-refractivity contribution >= 4 is 69.0 Å². The molecule has 4 aromatic carbocycles. The van der Waals surface area contributed by atoms with Crippen LogP contribution in [0.3, 0.4) is 0 Å². The van der Waals surface area contributed by atoms with Crippen molar-refractivity contribution in [1.29, 1.82) is 0 Å². The van der Waals surface area contributed by atoms with E-state index in [1.54, 1.807) is 24.0 Å². The number of hydrogen-bond donors (Lipinski definition) is 4. The van der Waals surface area contributed by atoms with Gasteiger partial charge in [0, 0.05) is 57.7 Å². The third-order valence-corrected chi connectivity index (χ3v) is 11.9. The number of carbonyl (C=O) groups excluding carboxylic acids is 4. The van der Waals surface area contributed by atoms with Crippen LogP contribution in [-0.4, -0.2) is 82.8 Å². The van der Waals surface area contributed by atoms with E-state index in [1.165, 1.54) is 0 Å². The fourth-order valence-corrected chi connectivity index (χ4v) is 8.61. The smallest absolute Gasteiger partial charge is 0.247 e. The van der Waals surface area contributed by atoms with Crippen molar-refractivity contribution in [2.45, 2.75) is 64.5 Å². The number of amides is 4. The highest BCUT2D eigenvalue weighted by Gasteiger charge is 2.36. The van der Waals surface area contributed by atoms with Crippen molar-refractivity contribution in [1.82, 2.24) is 19.8 Å². The summed E-state index contributed by atoms with van der Waals surface area (Å²) >= 11 is 0. The lowest BCUT2D eigenvalue weighted by Crippen LogP contribution is -2.43. The van der Waals surface area contributed by atoms with Crippen molar-refractivity contribution in [3.05, 3.63) is 119 Å². The molecule has 12 heteroatoms. The van der Waals surface area contributed by atoms with Gasteiger partial charge in [0.05, 0.1) is 27.1 Å². The molecule has 4 N–H and O–H groups in total. The van der Waals surface area contributed by atoms with E-state index in [0.29, 0.717) is 37.3 Å². The number of benzene rings is 4. The van der Waals surface area contributed by atoms with E-state index in [-0.39, 0.29) is 36.5 Å². The largest absolute Gasteiger partial charge is 0.497 e. The first-order chi connectivity index (χ1) is 29.1. The summed E-state index contributed by atoms with van der Waals surface area (Å²) in [4.78, 5) is 64.2. The zero-order valence-corrected chi connectivity index (χ0v) is 34.4. The molecule has 0 bridgehead atoms. The first-order valence-corrected chi connectivity index (χ1v) is 20.5. The zero-order valence-electron chi connectivity index (χ0n) is 34.4. The fraction of sp³-hybridized carbons (Fsp3) is 0.292. The Hall–Kier alpha value is -6.82. The molecule has 4 amide bonds. The van der Waals surface area contributed by atoms with Crippen molar-refractivity contribution in [3.63, 3.8) is 0 Å². The minimum atomic E-state index is -0.532. The van der Waals surface area contributed by atoms with Crippen LogP contribution in [0.25, 0.3) is 34.0 Å². The van der Waals surface area contributed by atoms with Gasteiger partial charge in [0.2, 0.25) is 23.6 Å². The quantitative estimate of drug-likeness (QED) is 0.0929. The number of aromatic nitrogens is 2. The van der Waals surface area contributed by atoms with Crippen LogP contribution in [0, 0.1) is 13.8 Å². The number of methoxy groups -OCH3 is 2. The molecule has 0 unspecified atom stereocenters. The van der Waals surface area contributed by atoms with E-state index in [0.717, 1.165) is 79.8 Å². The molecule has 6 aromatic rings. The number of aryl methyl sites for hydroxylation is 2. The third kappa shape index (κ3) is 8.36. The standard InChI is InChI=1S/C48H50N6O6/c1-29-37(39-25-35(59-3)19-21-41(39)49-29)27-45(55)53-23-5-7-43(53)47(57)51-33-15-11-31(12-16-33)9-10-32-13-17-34(18-14-32)52-48(58)44-8-6-24-54(44)46(56)28-38-30(2)50-42-22-20-36(60-4)26-40(38)42/h9-22,25-26,43-44,49-50H,5-8,23-24,27-28H2,1-4H3,(H,51,57)(H,52,58)/t43-,44-/m0/s1. The molecule has 8 rings (SSSR count). The number of anilines is 2. The van der Waals surface area contributed by atoms with Crippen LogP contribution in [0.2, 0.25) is 0 Å². The minimum absolute atomic E-state index is 0.0716. The van der Waals surface area contributed by atoms with Gasteiger partial charge < -0.3 is 39.9 Å². The van der Waals surface area contributed by atoms with Crippen LogP contribution in [0.1, 0.15) is 59.3 Å². The summed E-state index contributed by atoms with van der Waals surface area (Å²) in [5.41, 5.74) is 8.80. The maximum absolute atomic E-state index is 13.6. The molecule has 2 atom stereocenters. The molecule has 2 saturated heterocycles. The molecule has 0 aliphatic carbocycles. The van der Waals surface area contributed by atoms with E-state index in [9.17, 15) is 19.2 Å². The molecule has 0 radical (unpaired) electrons. The van der Waals surface area contributed by atoms with Gasteiger partial charge in [0.1, 0.15) is 23.6 Å². The van der Waals surface area contributed by atoms with E-state index < -0.39 is 12.1 Å². The SMILES string of the molecule is COc1ccc2[nH]c(C)c(CC(=O)N3CCC[C@H]3C(=O)Nc3ccc(C=Cc4ccc(NC(=O)[C@@H]5CCCN5C(=O)Cc5c(C)[nH]c6ccc(OC)cc56)cc4)cc3)c2c1.